The van der Waals surface area contributed by atoms with Gasteiger partial charge >= 0.3 is 5.91 Å². The molecule has 1 fully saturated rings. The van der Waals surface area contributed by atoms with E-state index < -0.39 is 17.7 Å². The number of ketones is 1. The van der Waals surface area contributed by atoms with Gasteiger partial charge in [0.1, 0.15) is 11.5 Å². The van der Waals surface area contributed by atoms with Gasteiger partial charge in [-0.1, -0.05) is 41.6 Å². The quantitative estimate of drug-likeness (QED) is 0.438. The van der Waals surface area contributed by atoms with Crippen LogP contribution in [-0.2, 0) is 9.59 Å². The second-order valence-electron chi connectivity index (χ2n) is 6.12. The first-order valence-electron chi connectivity index (χ1n) is 8.27. The van der Waals surface area contributed by atoms with Crippen LogP contribution >= 0.6 is 0 Å². The molecule has 0 aliphatic carbocycles. The van der Waals surface area contributed by atoms with E-state index in [4.69, 9.17) is 4.52 Å². The highest BCUT2D eigenvalue weighted by Gasteiger charge is 2.48. The maximum Gasteiger partial charge on any atom is 0.301 e. The molecule has 0 saturated carbocycles. The van der Waals surface area contributed by atoms with Crippen LogP contribution in [0.2, 0.25) is 0 Å². The SMILES string of the molecule is Cc1cc(N2C(=O)C(=O)C(=C(O)c3ccccc3)C2c2cccnc2)no1. The molecule has 134 valence electrons. The van der Waals surface area contributed by atoms with Gasteiger partial charge in [0.15, 0.2) is 5.82 Å². The number of aliphatic hydroxyl groups is 1. The number of aliphatic hydroxyl groups excluding tert-OH is 1. The summed E-state index contributed by atoms with van der Waals surface area (Å²) in [5, 5.41) is 14.7. The van der Waals surface area contributed by atoms with Crippen LogP contribution in [-0.4, -0.2) is 26.9 Å². The van der Waals surface area contributed by atoms with E-state index in [9.17, 15) is 14.7 Å². The van der Waals surface area contributed by atoms with Gasteiger partial charge in [-0.25, -0.2) is 0 Å². The number of pyridine rings is 1. The second kappa shape index (κ2) is 6.53. The van der Waals surface area contributed by atoms with Crippen molar-refractivity contribution in [3.05, 3.63) is 83.4 Å². The molecular formula is C20H15N3O4. The van der Waals surface area contributed by atoms with E-state index in [1.165, 1.54) is 4.90 Å². The molecule has 1 aliphatic rings. The highest BCUT2D eigenvalue weighted by molar-refractivity contribution is 6.51. The first-order chi connectivity index (χ1) is 13.1. The molecule has 1 aromatic carbocycles. The summed E-state index contributed by atoms with van der Waals surface area (Å²) in [6.07, 6.45) is 3.14. The lowest BCUT2D eigenvalue weighted by atomic mass is 9.96. The van der Waals surface area contributed by atoms with Crippen LogP contribution in [0.1, 0.15) is 22.9 Å². The lowest BCUT2D eigenvalue weighted by Crippen LogP contribution is -2.29. The van der Waals surface area contributed by atoms with Gasteiger partial charge in [-0.3, -0.25) is 19.5 Å². The maximum atomic E-state index is 12.8. The fraction of sp³-hybridized carbons (Fsp3) is 0.100. The lowest BCUT2D eigenvalue weighted by molar-refractivity contribution is -0.132. The third kappa shape index (κ3) is 2.79. The van der Waals surface area contributed by atoms with Crippen LogP contribution in [0, 0.1) is 6.92 Å². The van der Waals surface area contributed by atoms with Crippen molar-refractivity contribution in [1.82, 2.24) is 10.1 Å². The normalized spacial score (nSPS) is 18.9. The number of anilines is 1. The number of carbonyl (C=O) groups excluding carboxylic acids is 2. The maximum absolute atomic E-state index is 12.8. The number of rotatable bonds is 3. The van der Waals surface area contributed by atoms with Gasteiger partial charge in [-0.15, -0.1) is 0 Å². The van der Waals surface area contributed by atoms with E-state index in [-0.39, 0.29) is 17.2 Å². The Hall–Kier alpha value is -3.74. The molecule has 27 heavy (non-hydrogen) atoms. The fourth-order valence-electron chi connectivity index (χ4n) is 3.14. The van der Waals surface area contributed by atoms with Gasteiger partial charge in [-0.05, 0) is 18.6 Å². The number of amides is 1. The van der Waals surface area contributed by atoms with Crippen LogP contribution in [0.15, 0.2) is 71.0 Å². The topological polar surface area (TPSA) is 96.5 Å². The van der Waals surface area contributed by atoms with Crippen LogP contribution in [0.3, 0.4) is 0 Å². The van der Waals surface area contributed by atoms with Gasteiger partial charge < -0.3 is 9.63 Å². The number of Topliss-reactive ketones (excluding diaryl/α,β-unsaturated/α-hetero) is 1. The fourth-order valence-corrected chi connectivity index (χ4v) is 3.14. The lowest BCUT2D eigenvalue weighted by Gasteiger charge is -2.22. The minimum Gasteiger partial charge on any atom is -0.507 e. The number of benzene rings is 1. The molecule has 4 rings (SSSR count). The van der Waals surface area contributed by atoms with Gasteiger partial charge in [0.05, 0.1) is 11.6 Å². The first-order valence-corrected chi connectivity index (χ1v) is 8.27. The first kappa shape index (κ1) is 16.7. The molecule has 1 unspecified atom stereocenters. The van der Waals surface area contributed by atoms with Gasteiger partial charge in [0.2, 0.25) is 0 Å². The molecule has 1 aliphatic heterocycles. The molecule has 1 saturated heterocycles. The van der Waals surface area contributed by atoms with Crippen LogP contribution in [0.25, 0.3) is 5.76 Å². The molecule has 7 nitrogen and oxygen atoms in total. The zero-order valence-corrected chi connectivity index (χ0v) is 14.4. The molecule has 0 spiro atoms. The molecular weight excluding hydrogens is 346 g/mol. The van der Waals surface area contributed by atoms with Crippen LogP contribution in [0.5, 0.6) is 0 Å². The van der Waals surface area contributed by atoms with Crippen molar-refractivity contribution < 1.29 is 19.2 Å². The van der Waals surface area contributed by atoms with Crippen molar-refractivity contribution in [3.8, 4) is 0 Å². The molecule has 0 radical (unpaired) electrons. The zero-order valence-electron chi connectivity index (χ0n) is 14.4. The smallest absolute Gasteiger partial charge is 0.301 e. The molecule has 3 aromatic rings. The largest absolute Gasteiger partial charge is 0.507 e. The van der Waals surface area contributed by atoms with E-state index in [1.807, 2.05) is 0 Å². The van der Waals surface area contributed by atoms with Crippen molar-refractivity contribution in [2.75, 3.05) is 4.90 Å². The Labute approximate surface area is 154 Å². The Balaban J connectivity index is 1.94. The molecule has 3 heterocycles. The van der Waals surface area contributed by atoms with Crippen molar-refractivity contribution in [2.24, 2.45) is 0 Å². The second-order valence-corrected chi connectivity index (χ2v) is 6.12. The van der Waals surface area contributed by atoms with Crippen molar-refractivity contribution in [1.29, 1.82) is 0 Å². The molecule has 1 atom stereocenters. The van der Waals surface area contributed by atoms with E-state index in [0.29, 0.717) is 16.9 Å². The summed E-state index contributed by atoms with van der Waals surface area (Å²) in [4.78, 5) is 30.9. The van der Waals surface area contributed by atoms with E-state index in [0.717, 1.165) is 0 Å². The summed E-state index contributed by atoms with van der Waals surface area (Å²) in [7, 11) is 0. The number of carbonyl (C=O) groups is 2. The number of nitrogens with zero attached hydrogens (tertiary/aromatic N) is 3. The van der Waals surface area contributed by atoms with Crippen molar-refractivity contribution >= 4 is 23.3 Å². The predicted octanol–water partition coefficient (Wildman–Crippen LogP) is 3.00. The van der Waals surface area contributed by atoms with Crippen molar-refractivity contribution in [2.45, 2.75) is 13.0 Å². The third-order valence-electron chi connectivity index (χ3n) is 4.35. The van der Waals surface area contributed by atoms with Crippen molar-refractivity contribution in [3.63, 3.8) is 0 Å². The zero-order chi connectivity index (χ0) is 19.0. The molecule has 0 bridgehead atoms. The van der Waals surface area contributed by atoms with Gasteiger partial charge in [0, 0.05) is 24.0 Å². The van der Waals surface area contributed by atoms with E-state index >= 15 is 0 Å². The summed E-state index contributed by atoms with van der Waals surface area (Å²) in [6.45, 7) is 1.69. The Morgan fingerprint density at radius 2 is 1.93 bits per heavy atom. The minimum atomic E-state index is -0.858. The Morgan fingerprint density at radius 1 is 1.15 bits per heavy atom. The van der Waals surface area contributed by atoms with E-state index in [2.05, 4.69) is 10.1 Å². The molecule has 7 heteroatoms. The third-order valence-corrected chi connectivity index (χ3v) is 4.35. The van der Waals surface area contributed by atoms with Gasteiger partial charge in [0.25, 0.3) is 5.78 Å². The minimum absolute atomic E-state index is 0.0140. The highest BCUT2D eigenvalue weighted by atomic mass is 16.5. The predicted molar refractivity (Wildman–Crippen MR) is 96.7 cm³/mol. The summed E-state index contributed by atoms with van der Waals surface area (Å²) in [5.74, 6) is -1.11. The average Bonchev–Trinajstić information content (AvgIpc) is 3.24. The molecule has 1 N–H and O–H groups in total. The van der Waals surface area contributed by atoms with E-state index in [1.54, 1.807) is 67.8 Å². The summed E-state index contributed by atoms with van der Waals surface area (Å²) in [6, 6.07) is 12.8. The van der Waals surface area contributed by atoms with Crippen LogP contribution < -0.4 is 4.90 Å². The number of aromatic nitrogens is 2. The number of aryl methyl sites for hydroxylation is 1. The monoisotopic (exact) mass is 361 g/mol. The van der Waals surface area contributed by atoms with Crippen LogP contribution in [0.4, 0.5) is 5.82 Å². The summed E-state index contributed by atoms with van der Waals surface area (Å²) < 4.78 is 5.08. The number of hydrogen-bond donors (Lipinski definition) is 1. The Kier molecular flexibility index (Phi) is 4.04. The Morgan fingerprint density at radius 3 is 2.56 bits per heavy atom. The standard InChI is InChI=1S/C20H15N3O4/c1-12-10-15(22-27-12)23-17(14-8-5-9-21-11-14)16(19(25)20(23)26)18(24)13-6-3-2-4-7-13/h2-11,17,24H,1H3. The molecule has 1 amide bonds. The summed E-state index contributed by atoms with van der Waals surface area (Å²) in [5.41, 5.74) is 1.01. The highest BCUT2D eigenvalue weighted by Crippen LogP contribution is 2.41. The Bertz CT molecular complexity index is 1040. The summed E-state index contributed by atoms with van der Waals surface area (Å²) >= 11 is 0. The average molecular weight is 361 g/mol. The molecule has 2 aromatic heterocycles. The number of hydrogen-bond acceptors (Lipinski definition) is 6. The van der Waals surface area contributed by atoms with Gasteiger partial charge in [-0.2, -0.15) is 0 Å².